The maximum atomic E-state index is 4.30. The fourth-order valence-electron chi connectivity index (χ4n) is 1.25. The lowest BCUT2D eigenvalue weighted by Crippen LogP contribution is -2.39. The molecule has 0 aromatic carbocycles. The second kappa shape index (κ2) is 5.73. The molecule has 0 radical (unpaired) electrons. The summed E-state index contributed by atoms with van der Waals surface area (Å²) in [4.78, 5) is 4.30. The molecule has 0 bridgehead atoms. The van der Waals surface area contributed by atoms with Crippen LogP contribution in [0.1, 0.15) is 27.7 Å². The maximum absolute atomic E-state index is 4.30. The van der Waals surface area contributed by atoms with Crippen LogP contribution in [0.3, 0.4) is 0 Å². The summed E-state index contributed by atoms with van der Waals surface area (Å²) in [6, 6.07) is 0. The Balaban J connectivity index is 2.25. The summed E-state index contributed by atoms with van der Waals surface area (Å²) in [5, 5.41) is 4.63. The predicted octanol–water partition coefficient (Wildman–Crippen LogP) is 2.54. The van der Waals surface area contributed by atoms with Gasteiger partial charge in [0, 0.05) is 30.7 Å². The average Bonchev–Trinajstić information content (AvgIpc) is 2.57. The largest absolute Gasteiger partial charge is 0.329 e. The monoisotopic (exact) mass is 241 g/mol. The van der Waals surface area contributed by atoms with Crippen molar-refractivity contribution < 1.29 is 0 Å². The Hall–Kier alpha value is -0.480. The molecule has 0 aliphatic carbocycles. The Labute approximate surface area is 103 Å². The van der Waals surface area contributed by atoms with Crippen molar-refractivity contribution >= 4 is 11.8 Å². The minimum Gasteiger partial charge on any atom is -0.329 e. The number of hydrogen-bond acceptors (Lipinski definition) is 3. The number of aromatic nitrogens is 2. The summed E-state index contributed by atoms with van der Waals surface area (Å²) in [6.45, 7) is 9.93. The van der Waals surface area contributed by atoms with Crippen molar-refractivity contribution in [1.29, 1.82) is 0 Å². The molecule has 0 spiro atoms. The van der Waals surface area contributed by atoms with E-state index in [1.165, 1.54) is 0 Å². The van der Waals surface area contributed by atoms with Crippen molar-refractivity contribution in [1.82, 2.24) is 14.9 Å². The molecule has 1 heterocycles. The molecule has 1 aromatic rings. The fraction of sp³-hybridized carbons (Fsp3) is 0.750. The van der Waals surface area contributed by atoms with E-state index in [1.54, 1.807) is 0 Å². The number of rotatable bonds is 5. The molecule has 0 fully saturated rings. The average molecular weight is 241 g/mol. The van der Waals surface area contributed by atoms with Crippen molar-refractivity contribution in [2.24, 2.45) is 13.0 Å². The number of thioether (sulfide) groups is 1. The number of imidazole rings is 1. The summed E-state index contributed by atoms with van der Waals surface area (Å²) in [5.41, 5.74) is 0.210. The highest BCUT2D eigenvalue weighted by Gasteiger charge is 2.11. The molecule has 1 rings (SSSR count). The molecule has 92 valence electrons. The second-order valence-electron chi connectivity index (χ2n) is 5.37. The summed E-state index contributed by atoms with van der Waals surface area (Å²) in [6.07, 6.45) is 3.83. The molecule has 0 aliphatic heterocycles. The molecule has 3 nitrogen and oxygen atoms in total. The first-order valence-corrected chi connectivity index (χ1v) is 6.72. The Bertz CT molecular complexity index is 314. The Morgan fingerprint density at radius 2 is 2.19 bits per heavy atom. The zero-order valence-corrected chi connectivity index (χ0v) is 11.8. The normalized spacial score (nSPS) is 14.1. The molecule has 1 aromatic heterocycles. The number of hydrogen-bond donors (Lipinski definition) is 1. The zero-order chi connectivity index (χ0) is 12.2. The lowest BCUT2D eigenvalue weighted by Gasteiger charge is -2.23. The van der Waals surface area contributed by atoms with Gasteiger partial charge in [-0.05, 0) is 33.2 Å². The summed E-state index contributed by atoms with van der Waals surface area (Å²) >= 11 is 1.82. The zero-order valence-electron chi connectivity index (χ0n) is 10.9. The van der Waals surface area contributed by atoms with Crippen LogP contribution in [0.15, 0.2) is 17.6 Å². The molecule has 0 aliphatic rings. The number of nitrogens with zero attached hydrogens (tertiary/aromatic N) is 2. The highest BCUT2D eigenvalue weighted by Crippen LogP contribution is 2.17. The highest BCUT2D eigenvalue weighted by atomic mass is 32.2. The molecule has 0 saturated carbocycles. The van der Waals surface area contributed by atoms with Crippen LogP contribution in [0, 0.1) is 5.92 Å². The molecule has 4 heteroatoms. The predicted molar refractivity (Wildman–Crippen MR) is 70.9 cm³/mol. The molecule has 0 saturated heterocycles. The minimum atomic E-state index is 0.210. The van der Waals surface area contributed by atoms with E-state index in [2.05, 4.69) is 42.6 Å². The van der Waals surface area contributed by atoms with Gasteiger partial charge in [-0.2, -0.15) is 0 Å². The molecule has 1 unspecified atom stereocenters. The van der Waals surface area contributed by atoms with Gasteiger partial charge in [0.25, 0.3) is 0 Å². The van der Waals surface area contributed by atoms with Crippen molar-refractivity contribution in [2.75, 3.05) is 12.3 Å². The van der Waals surface area contributed by atoms with Crippen LogP contribution in [0.25, 0.3) is 0 Å². The van der Waals surface area contributed by atoms with E-state index in [0.29, 0.717) is 5.92 Å². The third-order valence-electron chi connectivity index (χ3n) is 2.25. The first-order valence-electron chi connectivity index (χ1n) is 5.73. The van der Waals surface area contributed by atoms with Gasteiger partial charge in [0.1, 0.15) is 0 Å². The van der Waals surface area contributed by atoms with E-state index >= 15 is 0 Å². The van der Waals surface area contributed by atoms with E-state index in [1.807, 2.05) is 31.2 Å². The van der Waals surface area contributed by atoms with Crippen LogP contribution in [0.5, 0.6) is 0 Å². The SMILES string of the molecule is CC(CNC(C)(C)C)CSc1nccn1C. The fourth-order valence-corrected chi connectivity index (χ4v) is 2.20. The van der Waals surface area contributed by atoms with Crippen LogP contribution in [-0.4, -0.2) is 27.4 Å². The van der Waals surface area contributed by atoms with Gasteiger partial charge in [0.15, 0.2) is 5.16 Å². The lowest BCUT2D eigenvalue weighted by atomic mass is 10.1. The van der Waals surface area contributed by atoms with E-state index < -0.39 is 0 Å². The quantitative estimate of drug-likeness (QED) is 0.803. The molecule has 1 atom stereocenters. The summed E-state index contributed by atoms with van der Waals surface area (Å²) in [7, 11) is 2.04. The number of aryl methyl sites for hydroxylation is 1. The Kier molecular flexibility index (Phi) is 4.87. The van der Waals surface area contributed by atoms with Gasteiger partial charge in [0.2, 0.25) is 0 Å². The standard InChI is InChI=1S/C12H23N3S/c1-10(8-14-12(2,3)4)9-16-11-13-6-7-15(11)5/h6-7,10,14H,8-9H2,1-5H3. The molecule has 0 amide bonds. The molecule has 1 N–H and O–H groups in total. The van der Waals surface area contributed by atoms with Crippen molar-refractivity contribution in [3.63, 3.8) is 0 Å². The smallest absolute Gasteiger partial charge is 0.167 e. The van der Waals surface area contributed by atoms with Crippen LogP contribution < -0.4 is 5.32 Å². The van der Waals surface area contributed by atoms with Crippen molar-refractivity contribution in [3.8, 4) is 0 Å². The van der Waals surface area contributed by atoms with Crippen molar-refractivity contribution in [3.05, 3.63) is 12.4 Å². The number of nitrogens with one attached hydrogen (secondary N) is 1. The highest BCUT2D eigenvalue weighted by molar-refractivity contribution is 7.99. The van der Waals surface area contributed by atoms with Gasteiger partial charge >= 0.3 is 0 Å². The summed E-state index contributed by atoms with van der Waals surface area (Å²) < 4.78 is 2.06. The van der Waals surface area contributed by atoms with Gasteiger partial charge in [0.05, 0.1) is 0 Å². The van der Waals surface area contributed by atoms with Crippen LogP contribution in [0.4, 0.5) is 0 Å². The Morgan fingerprint density at radius 1 is 1.50 bits per heavy atom. The van der Waals surface area contributed by atoms with Crippen LogP contribution >= 0.6 is 11.8 Å². The molecular formula is C12H23N3S. The van der Waals surface area contributed by atoms with Crippen molar-refractivity contribution in [2.45, 2.75) is 38.4 Å². The van der Waals surface area contributed by atoms with Gasteiger partial charge in [-0.25, -0.2) is 4.98 Å². The topological polar surface area (TPSA) is 29.9 Å². The maximum Gasteiger partial charge on any atom is 0.167 e. The van der Waals surface area contributed by atoms with Crippen LogP contribution in [0.2, 0.25) is 0 Å². The second-order valence-corrected chi connectivity index (χ2v) is 6.35. The third-order valence-corrected chi connectivity index (χ3v) is 3.64. The first kappa shape index (κ1) is 13.6. The lowest BCUT2D eigenvalue weighted by molar-refractivity contribution is 0.395. The van der Waals surface area contributed by atoms with E-state index in [9.17, 15) is 0 Å². The molecular weight excluding hydrogens is 218 g/mol. The van der Waals surface area contributed by atoms with E-state index in [4.69, 9.17) is 0 Å². The third kappa shape index (κ3) is 5.03. The van der Waals surface area contributed by atoms with Crippen LogP contribution in [-0.2, 0) is 7.05 Å². The van der Waals surface area contributed by atoms with E-state index in [0.717, 1.165) is 17.5 Å². The first-order chi connectivity index (χ1) is 7.38. The minimum absolute atomic E-state index is 0.210. The van der Waals surface area contributed by atoms with Gasteiger partial charge in [-0.3, -0.25) is 0 Å². The van der Waals surface area contributed by atoms with Gasteiger partial charge < -0.3 is 9.88 Å². The van der Waals surface area contributed by atoms with Gasteiger partial charge in [-0.15, -0.1) is 0 Å². The Morgan fingerprint density at radius 3 is 2.69 bits per heavy atom. The van der Waals surface area contributed by atoms with E-state index in [-0.39, 0.29) is 5.54 Å². The van der Waals surface area contributed by atoms with Gasteiger partial charge in [-0.1, -0.05) is 18.7 Å². The molecule has 16 heavy (non-hydrogen) atoms. The summed E-state index contributed by atoms with van der Waals surface area (Å²) in [5.74, 6) is 1.76.